The van der Waals surface area contributed by atoms with E-state index in [1.165, 1.54) is 11.1 Å². The molecule has 0 radical (unpaired) electrons. The fourth-order valence-electron chi connectivity index (χ4n) is 3.02. The van der Waals surface area contributed by atoms with Crippen LogP contribution in [0.3, 0.4) is 0 Å². The van der Waals surface area contributed by atoms with Crippen LogP contribution in [-0.2, 0) is 11.3 Å². The highest BCUT2D eigenvalue weighted by molar-refractivity contribution is 5.77. The summed E-state index contributed by atoms with van der Waals surface area (Å²) in [5.41, 5.74) is 2.69. The average molecular weight is 259 g/mol. The van der Waals surface area contributed by atoms with E-state index in [4.69, 9.17) is 0 Å². The van der Waals surface area contributed by atoms with Crippen molar-refractivity contribution in [2.45, 2.75) is 18.9 Å². The Morgan fingerprint density at radius 2 is 2.00 bits per heavy atom. The molecule has 4 heteroatoms. The summed E-state index contributed by atoms with van der Waals surface area (Å²) in [6.45, 7) is 5.38. The molecule has 0 spiro atoms. The van der Waals surface area contributed by atoms with Gasteiger partial charge in [0, 0.05) is 51.6 Å². The van der Waals surface area contributed by atoms with Crippen LogP contribution >= 0.6 is 0 Å². The van der Waals surface area contributed by atoms with Gasteiger partial charge in [0.05, 0.1) is 0 Å². The van der Waals surface area contributed by atoms with Gasteiger partial charge in [0.2, 0.25) is 5.91 Å². The molecule has 2 aliphatic heterocycles. The predicted octanol–water partition coefficient (Wildman–Crippen LogP) is 0.695. The molecule has 1 unspecified atom stereocenters. The highest BCUT2D eigenvalue weighted by Crippen LogP contribution is 2.27. The summed E-state index contributed by atoms with van der Waals surface area (Å²) in [5.74, 6) is 0.623. The van der Waals surface area contributed by atoms with E-state index in [0.717, 1.165) is 39.3 Å². The molecule has 0 aromatic heterocycles. The molecular weight excluding hydrogens is 238 g/mol. The highest BCUT2D eigenvalue weighted by Gasteiger charge is 2.25. The molecule has 1 aromatic carbocycles. The number of fused-ring (bicyclic) bond motifs is 1. The molecule has 2 heterocycles. The summed E-state index contributed by atoms with van der Waals surface area (Å²) in [6.07, 6.45) is 0.629. The first-order valence-corrected chi connectivity index (χ1v) is 7.11. The number of carbonyl (C=O) groups excluding carboxylic acids is 1. The first-order valence-electron chi connectivity index (χ1n) is 7.11. The Hall–Kier alpha value is -1.39. The maximum atomic E-state index is 12.3. The van der Waals surface area contributed by atoms with Crippen LogP contribution in [0.4, 0.5) is 0 Å². The Kier molecular flexibility index (Phi) is 3.80. The molecule has 1 atom stereocenters. The van der Waals surface area contributed by atoms with Gasteiger partial charge in [0.1, 0.15) is 0 Å². The Bertz CT molecular complexity index is 454. The number of piperazine rings is 1. The van der Waals surface area contributed by atoms with E-state index >= 15 is 0 Å². The Balaban J connectivity index is 1.68. The van der Waals surface area contributed by atoms with Crippen molar-refractivity contribution in [2.75, 3.05) is 32.7 Å². The molecular formula is C15H21N3O. The van der Waals surface area contributed by atoms with Crippen LogP contribution in [0.15, 0.2) is 24.3 Å². The van der Waals surface area contributed by atoms with Crippen molar-refractivity contribution in [3.63, 3.8) is 0 Å². The van der Waals surface area contributed by atoms with Crippen molar-refractivity contribution in [3.05, 3.63) is 35.4 Å². The molecule has 2 aliphatic rings. The molecule has 2 N–H and O–H groups in total. The molecule has 1 aromatic rings. The molecule has 102 valence electrons. The standard InChI is InChI=1S/C15H21N3O/c19-15(18-7-5-16-6-8-18)9-13-11-17-10-12-3-1-2-4-14(12)13/h1-4,13,16-17H,5-11H2. The summed E-state index contributed by atoms with van der Waals surface area (Å²) >= 11 is 0. The minimum atomic E-state index is 0.296. The SMILES string of the molecule is O=C(CC1CNCc2ccccc21)N1CCNCC1. The Labute approximate surface area is 114 Å². The third kappa shape index (κ3) is 2.80. The van der Waals surface area contributed by atoms with E-state index in [9.17, 15) is 4.79 Å². The fraction of sp³-hybridized carbons (Fsp3) is 0.533. The van der Waals surface area contributed by atoms with Gasteiger partial charge in [-0.3, -0.25) is 4.79 Å². The Morgan fingerprint density at radius 1 is 1.21 bits per heavy atom. The van der Waals surface area contributed by atoms with Gasteiger partial charge in [-0.15, -0.1) is 0 Å². The van der Waals surface area contributed by atoms with E-state index in [2.05, 4.69) is 34.9 Å². The second-order valence-corrected chi connectivity index (χ2v) is 5.36. The van der Waals surface area contributed by atoms with Crippen LogP contribution in [0, 0.1) is 0 Å². The number of nitrogens with zero attached hydrogens (tertiary/aromatic N) is 1. The fourth-order valence-corrected chi connectivity index (χ4v) is 3.02. The van der Waals surface area contributed by atoms with Crippen LogP contribution in [0.5, 0.6) is 0 Å². The molecule has 0 aliphatic carbocycles. The highest BCUT2D eigenvalue weighted by atomic mass is 16.2. The minimum Gasteiger partial charge on any atom is -0.340 e. The zero-order chi connectivity index (χ0) is 13.1. The predicted molar refractivity (Wildman–Crippen MR) is 75.0 cm³/mol. The molecule has 0 bridgehead atoms. The maximum absolute atomic E-state index is 12.3. The van der Waals surface area contributed by atoms with Gasteiger partial charge in [-0.2, -0.15) is 0 Å². The second-order valence-electron chi connectivity index (χ2n) is 5.36. The smallest absolute Gasteiger partial charge is 0.223 e. The Morgan fingerprint density at radius 3 is 2.84 bits per heavy atom. The first-order chi connectivity index (χ1) is 9.34. The van der Waals surface area contributed by atoms with E-state index in [1.54, 1.807) is 0 Å². The zero-order valence-corrected chi connectivity index (χ0v) is 11.2. The van der Waals surface area contributed by atoms with Crippen molar-refractivity contribution in [2.24, 2.45) is 0 Å². The van der Waals surface area contributed by atoms with Gasteiger partial charge < -0.3 is 15.5 Å². The summed E-state index contributed by atoms with van der Waals surface area (Å²) in [7, 11) is 0. The molecule has 4 nitrogen and oxygen atoms in total. The lowest BCUT2D eigenvalue weighted by Gasteiger charge is -2.31. The zero-order valence-electron chi connectivity index (χ0n) is 11.2. The molecule has 19 heavy (non-hydrogen) atoms. The number of hydrogen-bond donors (Lipinski definition) is 2. The third-order valence-electron chi connectivity index (χ3n) is 4.09. The first kappa shape index (κ1) is 12.6. The van der Waals surface area contributed by atoms with Gasteiger partial charge >= 0.3 is 0 Å². The van der Waals surface area contributed by atoms with Gasteiger partial charge in [-0.05, 0) is 11.1 Å². The van der Waals surface area contributed by atoms with Crippen LogP contribution < -0.4 is 10.6 Å². The molecule has 0 saturated carbocycles. The van der Waals surface area contributed by atoms with Gasteiger partial charge in [-0.25, -0.2) is 0 Å². The topological polar surface area (TPSA) is 44.4 Å². The van der Waals surface area contributed by atoms with Crippen molar-refractivity contribution in [3.8, 4) is 0 Å². The van der Waals surface area contributed by atoms with Crippen molar-refractivity contribution in [1.29, 1.82) is 0 Å². The van der Waals surface area contributed by atoms with Gasteiger partial charge in [-0.1, -0.05) is 24.3 Å². The third-order valence-corrected chi connectivity index (χ3v) is 4.09. The lowest BCUT2D eigenvalue weighted by atomic mass is 9.88. The number of carbonyl (C=O) groups is 1. The van der Waals surface area contributed by atoms with E-state index < -0.39 is 0 Å². The van der Waals surface area contributed by atoms with Crippen LogP contribution in [0.1, 0.15) is 23.5 Å². The lowest BCUT2D eigenvalue weighted by molar-refractivity contribution is -0.132. The lowest BCUT2D eigenvalue weighted by Crippen LogP contribution is -2.47. The molecule has 1 fully saturated rings. The summed E-state index contributed by atoms with van der Waals surface area (Å²) in [6, 6.07) is 8.48. The summed E-state index contributed by atoms with van der Waals surface area (Å²) in [5, 5.41) is 6.70. The van der Waals surface area contributed by atoms with Gasteiger partial charge in [0.15, 0.2) is 0 Å². The van der Waals surface area contributed by atoms with Crippen LogP contribution in [0.2, 0.25) is 0 Å². The minimum absolute atomic E-state index is 0.296. The summed E-state index contributed by atoms with van der Waals surface area (Å²) in [4.78, 5) is 14.3. The number of rotatable bonds is 2. The van der Waals surface area contributed by atoms with Gasteiger partial charge in [0.25, 0.3) is 0 Å². The van der Waals surface area contributed by atoms with Crippen LogP contribution in [-0.4, -0.2) is 43.5 Å². The van der Waals surface area contributed by atoms with E-state index in [0.29, 0.717) is 18.2 Å². The summed E-state index contributed by atoms with van der Waals surface area (Å²) < 4.78 is 0. The van der Waals surface area contributed by atoms with Crippen molar-refractivity contribution in [1.82, 2.24) is 15.5 Å². The van der Waals surface area contributed by atoms with E-state index in [-0.39, 0.29) is 0 Å². The number of hydrogen-bond acceptors (Lipinski definition) is 3. The van der Waals surface area contributed by atoms with Crippen molar-refractivity contribution >= 4 is 5.91 Å². The van der Waals surface area contributed by atoms with Crippen molar-refractivity contribution < 1.29 is 4.79 Å². The number of nitrogens with one attached hydrogen (secondary N) is 2. The molecule has 3 rings (SSSR count). The number of amides is 1. The normalized spacial score (nSPS) is 22.9. The van der Waals surface area contributed by atoms with Crippen LogP contribution in [0.25, 0.3) is 0 Å². The second kappa shape index (κ2) is 5.72. The maximum Gasteiger partial charge on any atom is 0.223 e. The largest absolute Gasteiger partial charge is 0.340 e. The average Bonchev–Trinajstić information content (AvgIpc) is 2.48. The molecule has 1 amide bonds. The van der Waals surface area contributed by atoms with E-state index in [1.807, 2.05) is 4.90 Å². The monoisotopic (exact) mass is 259 g/mol. The quantitative estimate of drug-likeness (QED) is 0.821. The number of benzene rings is 1. The molecule has 1 saturated heterocycles.